The molecule has 22 N–H and O–H groups in total. The molecule has 0 aromatic heterocycles. The Labute approximate surface area is 558 Å². The number of benzene rings is 2. The van der Waals surface area contributed by atoms with E-state index < -0.39 is 169 Å². The van der Waals surface area contributed by atoms with Crippen LogP contribution in [0.4, 0.5) is 0 Å². The fourth-order valence-electron chi connectivity index (χ4n) is 11.0. The Morgan fingerprint density at radius 1 is 0.537 bits per heavy atom. The lowest BCUT2D eigenvalue weighted by atomic mass is 10.0. The van der Waals surface area contributed by atoms with Crippen LogP contribution in [0.2, 0.25) is 0 Å². The van der Waals surface area contributed by atoms with Crippen LogP contribution in [0.1, 0.15) is 121 Å². The van der Waals surface area contributed by atoms with Gasteiger partial charge in [-0.05, 0) is 119 Å². The van der Waals surface area contributed by atoms with Gasteiger partial charge in [-0.25, -0.2) is 0 Å². The predicted molar refractivity (Wildman–Crippen MR) is 356 cm³/mol. The standard InChI is InChI=1S/C63H98N18O13S/c1-37(2)33-45(57(89)74-41(53(68)85)27-32-95-3)73-52(84)36-72-54(86)46(34-38-15-6-4-7-16-38)78-58(90)47(35-39-17-8-5-9-18-39)79-56(88)42(23-25-50(66)82)75-55(87)43(24-26-51(67)83)76-59(91)49-22-14-31-81(49)62(94)44(20-10-11-28-64)77-60(92)48-21-13-30-80(48)61(93)40(65)19-12-29-71-63(69)70/h4-9,15-18,37,40-49H,10-14,19-36,64-65H2,1-3H3,(H2,66,82)(H2,67,83)(H2,68,85)(H,72,86)(H,73,84)(H,74,89)(H,75,87)(H,76,91)(H,77,92)(H,78,90)(H,79,88)(H4,69,70,71)/t40-,41+,42-,43+,44-,45+,46+,47-,48-,49-/m1/s1. The summed E-state index contributed by atoms with van der Waals surface area (Å²) in [4.78, 5) is 185. The number of primary amides is 3. The number of hydrogen-bond acceptors (Lipinski definition) is 17. The summed E-state index contributed by atoms with van der Waals surface area (Å²) in [5, 5.41) is 21.1. The minimum absolute atomic E-state index is 0.0736. The van der Waals surface area contributed by atoms with Crippen LogP contribution in [-0.4, -0.2) is 198 Å². The molecule has 524 valence electrons. The molecular formula is C63H98N18O13S. The van der Waals surface area contributed by atoms with Crippen LogP contribution in [0.5, 0.6) is 0 Å². The Morgan fingerprint density at radius 2 is 1.01 bits per heavy atom. The maximum absolute atomic E-state index is 14.7. The Kier molecular flexibility index (Phi) is 33.9. The lowest BCUT2D eigenvalue weighted by Crippen LogP contribution is -2.60. The number of guanidine groups is 1. The fraction of sp³-hybridized carbons (Fsp3) is 0.587. The van der Waals surface area contributed by atoms with Crippen molar-refractivity contribution in [1.29, 1.82) is 0 Å². The maximum Gasteiger partial charge on any atom is 0.245 e. The molecule has 0 aliphatic carbocycles. The molecule has 0 spiro atoms. The number of aliphatic imine (C=N–C) groups is 1. The van der Waals surface area contributed by atoms with Crippen LogP contribution >= 0.6 is 11.8 Å². The second-order valence-corrected chi connectivity index (χ2v) is 25.1. The van der Waals surface area contributed by atoms with E-state index in [9.17, 15) is 62.3 Å². The fourth-order valence-corrected chi connectivity index (χ4v) is 11.5. The maximum atomic E-state index is 14.7. The molecule has 10 atom stereocenters. The SMILES string of the molecule is CSCC[C@H](NC(=O)[C@H](CC(C)C)NC(=O)CNC(=O)[C@H](Cc1ccccc1)NC(=O)[C@@H](Cc1ccccc1)NC(=O)[C@@H](CCC(N)=O)NC(=O)[C@H](CCC(N)=O)NC(=O)[C@H]1CCCN1C(=O)[C@@H](CCCCN)NC(=O)[C@H]1CCCN1C(=O)[C@H](N)CCCN=C(N)N)C(N)=O. The van der Waals surface area contributed by atoms with Gasteiger partial charge in [0.05, 0.1) is 12.6 Å². The van der Waals surface area contributed by atoms with Gasteiger partial charge in [-0.3, -0.25) is 67.3 Å². The molecule has 2 saturated heterocycles. The van der Waals surface area contributed by atoms with E-state index in [1.807, 2.05) is 20.1 Å². The number of thioether (sulfide) groups is 1. The summed E-state index contributed by atoms with van der Waals surface area (Å²) >= 11 is 1.45. The topological polar surface area (TPSA) is 519 Å². The second-order valence-electron chi connectivity index (χ2n) is 24.1. The molecule has 2 aromatic rings. The van der Waals surface area contributed by atoms with Gasteiger partial charge >= 0.3 is 0 Å². The van der Waals surface area contributed by atoms with Crippen LogP contribution in [-0.2, 0) is 75.2 Å². The highest BCUT2D eigenvalue weighted by atomic mass is 32.2. The van der Waals surface area contributed by atoms with Crippen molar-refractivity contribution in [3.63, 3.8) is 0 Å². The summed E-state index contributed by atoms with van der Waals surface area (Å²) in [6.07, 6.45) is 3.12. The van der Waals surface area contributed by atoms with Crippen molar-refractivity contribution in [3.8, 4) is 0 Å². The molecule has 2 aromatic carbocycles. The van der Waals surface area contributed by atoms with Crippen molar-refractivity contribution in [2.24, 2.45) is 51.0 Å². The van der Waals surface area contributed by atoms with Crippen LogP contribution in [0.15, 0.2) is 65.7 Å². The Balaban J connectivity index is 1.56. The van der Waals surface area contributed by atoms with Gasteiger partial charge in [-0.2, -0.15) is 11.8 Å². The molecule has 2 heterocycles. The molecule has 95 heavy (non-hydrogen) atoms. The van der Waals surface area contributed by atoms with Gasteiger partial charge in [-0.1, -0.05) is 74.5 Å². The smallest absolute Gasteiger partial charge is 0.245 e. The van der Waals surface area contributed by atoms with E-state index in [1.165, 1.54) is 21.6 Å². The lowest BCUT2D eigenvalue weighted by molar-refractivity contribution is -0.144. The zero-order valence-corrected chi connectivity index (χ0v) is 55.3. The Hall–Kier alpha value is -8.91. The number of nitrogens with two attached hydrogens (primary N) is 7. The highest BCUT2D eigenvalue weighted by Gasteiger charge is 2.42. The zero-order chi connectivity index (χ0) is 70.1. The third-order valence-corrected chi connectivity index (χ3v) is 16.7. The molecule has 0 unspecified atom stereocenters. The number of nitrogens with zero attached hydrogens (tertiary/aromatic N) is 3. The van der Waals surface area contributed by atoms with Gasteiger partial charge in [-0.15, -0.1) is 0 Å². The first-order valence-corrected chi connectivity index (χ1v) is 33.6. The van der Waals surface area contributed by atoms with Gasteiger partial charge < -0.3 is 92.5 Å². The molecule has 2 aliphatic heterocycles. The number of amides is 13. The van der Waals surface area contributed by atoms with E-state index in [0.717, 1.165) is 0 Å². The van der Waals surface area contributed by atoms with E-state index >= 15 is 0 Å². The van der Waals surface area contributed by atoms with Gasteiger partial charge in [0.2, 0.25) is 76.8 Å². The summed E-state index contributed by atoms with van der Waals surface area (Å²) < 4.78 is 0. The summed E-state index contributed by atoms with van der Waals surface area (Å²) in [6.45, 7) is 3.86. The van der Waals surface area contributed by atoms with Gasteiger partial charge in [0, 0.05) is 45.3 Å². The van der Waals surface area contributed by atoms with Crippen LogP contribution < -0.4 is 82.7 Å². The Morgan fingerprint density at radius 3 is 1.51 bits per heavy atom. The first-order valence-electron chi connectivity index (χ1n) is 32.2. The van der Waals surface area contributed by atoms with E-state index in [4.69, 9.17) is 40.1 Å². The van der Waals surface area contributed by atoms with Crippen molar-refractivity contribution < 1.29 is 62.3 Å². The number of unbranched alkanes of at least 4 members (excludes halogenated alkanes) is 1. The van der Waals surface area contributed by atoms with E-state index in [1.54, 1.807) is 60.7 Å². The second kappa shape index (κ2) is 41.0. The Bertz CT molecular complexity index is 2960. The third kappa shape index (κ3) is 27.5. The molecular weight excluding hydrogens is 1250 g/mol. The van der Waals surface area contributed by atoms with Gasteiger partial charge in [0.25, 0.3) is 0 Å². The largest absolute Gasteiger partial charge is 0.370 e. The summed E-state index contributed by atoms with van der Waals surface area (Å²) in [6, 6.07) is 4.51. The van der Waals surface area contributed by atoms with Crippen molar-refractivity contribution in [3.05, 3.63) is 71.8 Å². The summed E-state index contributed by atoms with van der Waals surface area (Å²) in [5.41, 5.74) is 40.6. The average Bonchev–Trinajstić information content (AvgIpc) is 1.74. The highest BCUT2D eigenvalue weighted by Crippen LogP contribution is 2.24. The van der Waals surface area contributed by atoms with Crippen molar-refractivity contribution >= 4 is 94.5 Å². The van der Waals surface area contributed by atoms with Gasteiger partial charge in [0.1, 0.15) is 54.4 Å². The first-order chi connectivity index (χ1) is 45.2. The number of hydrogen-bond donors (Lipinski definition) is 15. The number of rotatable bonds is 42. The molecule has 13 amide bonds. The summed E-state index contributed by atoms with van der Waals surface area (Å²) in [7, 11) is 0. The van der Waals surface area contributed by atoms with E-state index in [0.29, 0.717) is 55.4 Å². The number of likely N-dealkylation sites (tertiary alicyclic amines) is 2. The number of nitrogens with one attached hydrogen (secondary N) is 8. The van der Waals surface area contributed by atoms with Crippen LogP contribution in [0.3, 0.4) is 0 Å². The number of carbonyl (C=O) groups is 13. The first kappa shape index (κ1) is 78.5. The molecule has 31 nitrogen and oxygen atoms in total. The van der Waals surface area contributed by atoms with Crippen molar-refractivity contribution in [1.82, 2.24) is 52.3 Å². The molecule has 2 fully saturated rings. The molecule has 2 aliphatic rings. The average molecular weight is 1350 g/mol. The van der Waals surface area contributed by atoms with Crippen LogP contribution in [0.25, 0.3) is 0 Å². The molecule has 0 bridgehead atoms. The predicted octanol–water partition coefficient (Wildman–Crippen LogP) is -3.71. The van der Waals surface area contributed by atoms with Crippen LogP contribution in [0, 0.1) is 5.92 Å². The van der Waals surface area contributed by atoms with Crippen molar-refractivity contribution in [2.75, 3.05) is 44.7 Å². The zero-order valence-electron chi connectivity index (χ0n) is 54.5. The minimum Gasteiger partial charge on any atom is -0.370 e. The third-order valence-electron chi connectivity index (χ3n) is 16.0. The molecule has 0 radical (unpaired) electrons. The molecule has 0 saturated carbocycles. The monoisotopic (exact) mass is 1350 g/mol. The highest BCUT2D eigenvalue weighted by molar-refractivity contribution is 7.98. The normalized spacial score (nSPS) is 16.8. The van der Waals surface area contributed by atoms with Crippen molar-refractivity contribution in [2.45, 2.75) is 183 Å². The molecule has 32 heteroatoms. The van der Waals surface area contributed by atoms with E-state index in [-0.39, 0.29) is 83.0 Å². The van der Waals surface area contributed by atoms with E-state index in [2.05, 4.69) is 47.5 Å². The number of carbonyl (C=O) groups excluding carboxylic acids is 13. The molecule has 4 rings (SSSR count). The summed E-state index contributed by atoms with van der Waals surface area (Å²) in [5.74, 6) is -9.80. The quantitative estimate of drug-likeness (QED) is 0.0173. The minimum atomic E-state index is -1.64. The lowest BCUT2D eigenvalue weighted by Gasteiger charge is -2.32. The van der Waals surface area contributed by atoms with Gasteiger partial charge in [0.15, 0.2) is 5.96 Å².